The fraction of sp³-hybridized carbons (Fsp3) is 0.455. The normalized spacial score (nSPS) is 10.2. The van der Waals surface area contributed by atoms with Crippen molar-refractivity contribution in [3.05, 3.63) is 24.0 Å². The van der Waals surface area contributed by atoms with E-state index in [2.05, 4.69) is 10.4 Å². The number of amides is 1. The summed E-state index contributed by atoms with van der Waals surface area (Å²) in [7, 11) is 1.55. The lowest BCUT2D eigenvalue weighted by Gasteiger charge is -2.22. The Hall–Kier alpha value is -1.70. The Morgan fingerprint density at radius 2 is 2.39 bits per heavy atom. The zero-order valence-corrected chi connectivity index (χ0v) is 10.3. The monoisotopic (exact) mass is 254 g/mol. The Morgan fingerprint density at radius 3 is 3.00 bits per heavy atom. The predicted molar refractivity (Wildman–Crippen MR) is 66.9 cm³/mol. The molecule has 1 heterocycles. The third-order valence-electron chi connectivity index (χ3n) is 2.43. The summed E-state index contributed by atoms with van der Waals surface area (Å²) in [5.41, 5.74) is 3.31. The van der Waals surface area contributed by atoms with Gasteiger partial charge in [-0.2, -0.15) is 0 Å². The van der Waals surface area contributed by atoms with Crippen molar-refractivity contribution in [2.45, 2.75) is 0 Å². The van der Waals surface area contributed by atoms with Gasteiger partial charge in [0.1, 0.15) is 0 Å². The van der Waals surface area contributed by atoms with Crippen molar-refractivity contribution in [2.75, 3.05) is 38.8 Å². The summed E-state index contributed by atoms with van der Waals surface area (Å²) >= 11 is 0. The number of nitrogen functional groups attached to an aromatic ring is 1. The molecule has 0 aromatic carbocycles. The number of rotatable bonds is 7. The van der Waals surface area contributed by atoms with Gasteiger partial charge >= 0.3 is 0 Å². The summed E-state index contributed by atoms with van der Waals surface area (Å²) in [4.78, 5) is 17.6. The first-order valence-corrected chi connectivity index (χ1v) is 5.54. The van der Waals surface area contributed by atoms with Crippen LogP contribution in [0.3, 0.4) is 0 Å². The molecule has 1 rings (SSSR count). The summed E-state index contributed by atoms with van der Waals surface area (Å²) in [6.07, 6.45) is 2.98. The van der Waals surface area contributed by atoms with Crippen LogP contribution in [-0.4, -0.2) is 54.3 Å². The highest BCUT2D eigenvalue weighted by molar-refractivity contribution is 5.99. The van der Waals surface area contributed by atoms with E-state index in [-0.39, 0.29) is 19.1 Å². The molecule has 0 aliphatic heterocycles. The second kappa shape index (κ2) is 7.59. The molecular formula is C11H18N4O3. The van der Waals surface area contributed by atoms with E-state index in [1.165, 1.54) is 17.3 Å². The number of aliphatic hydroxyl groups excluding tert-OH is 1. The number of nitrogens with zero attached hydrogens (tertiary/aromatic N) is 2. The minimum Gasteiger partial charge on any atom is -0.395 e. The van der Waals surface area contributed by atoms with Gasteiger partial charge in [0, 0.05) is 32.6 Å². The number of carbonyl (C=O) groups excluding carboxylic acids is 1. The Morgan fingerprint density at radius 1 is 1.61 bits per heavy atom. The fourth-order valence-electron chi connectivity index (χ4n) is 1.50. The molecule has 0 fully saturated rings. The molecule has 0 unspecified atom stereocenters. The number of nitrogens with one attached hydrogen (secondary N) is 1. The number of hydrogen-bond acceptors (Lipinski definition) is 6. The molecular weight excluding hydrogens is 236 g/mol. The van der Waals surface area contributed by atoms with Crippen molar-refractivity contribution in [3.63, 3.8) is 0 Å². The molecule has 0 aliphatic rings. The average Bonchev–Trinajstić information content (AvgIpc) is 2.42. The average molecular weight is 254 g/mol. The van der Waals surface area contributed by atoms with E-state index in [4.69, 9.17) is 15.7 Å². The summed E-state index contributed by atoms with van der Waals surface area (Å²) in [5, 5.41) is 8.97. The standard InChI is InChI=1S/C11H18N4O3/c1-18-7-5-15(4-6-16)11(17)9-8-13-3-2-10(9)14-12/h2-3,8,16H,4-7,12H2,1H3,(H,13,14). The number of pyridine rings is 1. The van der Waals surface area contributed by atoms with Gasteiger partial charge in [0.05, 0.1) is 24.5 Å². The van der Waals surface area contributed by atoms with Crippen LogP contribution in [0.1, 0.15) is 10.4 Å². The van der Waals surface area contributed by atoms with E-state index < -0.39 is 0 Å². The number of anilines is 1. The first-order valence-electron chi connectivity index (χ1n) is 5.54. The molecule has 0 bridgehead atoms. The fourth-order valence-corrected chi connectivity index (χ4v) is 1.50. The van der Waals surface area contributed by atoms with E-state index in [0.717, 1.165) is 0 Å². The van der Waals surface area contributed by atoms with Gasteiger partial charge in [0.25, 0.3) is 5.91 Å². The molecule has 4 N–H and O–H groups in total. The van der Waals surface area contributed by atoms with Crippen molar-refractivity contribution in [3.8, 4) is 0 Å². The van der Waals surface area contributed by atoms with Crippen LogP contribution in [-0.2, 0) is 4.74 Å². The predicted octanol–water partition coefficient (Wildman–Crippen LogP) is -0.552. The number of carbonyl (C=O) groups is 1. The molecule has 7 heteroatoms. The maximum absolute atomic E-state index is 12.2. The van der Waals surface area contributed by atoms with Gasteiger partial charge in [-0.25, -0.2) is 0 Å². The van der Waals surface area contributed by atoms with Crippen LogP contribution in [0.5, 0.6) is 0 Å². The van der Waals surface area contributed by atoms with E-state index in [1.807, 2.05) is 0 Å². The number of hydrazine groups is 1. The highest BCUT2D eigenvalue weighted by Gasteiger charge is 2.18. The SMILES string of the molecule is COCCN(CCO)C(=O)c1cnccc1NN. The van der Waals surface area contributed by atoms with Gasteiger partial charge in [-0.1, -0.05) is 0 Å². The van der Waals surface area contributed by atoms with Gasteiger partial charge in [0.15, 0.2) is 0 Å². The lowest BCUT2D eigenvalue weighted by atomic mass is 10.2. The van der Waals surface area contributed by atoms with E-state index in [9.17, 15) is 4.79 Å². The van der Waals surface area contributed by atoms with Crippen LogP contribution >= 0.6 is 0 Å². The second-order valence-corrected chi connectivity index (χ2v) is 3.57. The van der Waals surface area contributed by atoms with Crippen LogP contribution in [0.25, 0.3) is 0 Å². The summed E-state index contributed by atoms with van der Waals surface area (Å²) in [5.74, 6) is 5.09. The molecule has 0 aliphatic carbocycles. The Kier molecular flexibility index (Phi) is 6.06. The maximum atomic E-state index is 12.2. The molecule has 1 amide bonds. The number of aromatic nitrogens is 1. The Bertz CT molecular complexity index is 386. The molecule has 0 saturated carbocycles. The minimum atomic E-state index is -0.248. The van der Waals surface area contributed by atoms with Crippen LogP contribution < -0.4 is 11.3 Å². The molecule has 7 nitrogen and oxygen atoms in total. The number of aliphatic hydroxyl groups is 1. The molecule has 100 valence electrons. The number of nitrogens with two attached hydrogens (primary N) is 1. The van der Waals surface area contributed by atoms with Gasteiger partial charge in [-0.15, -0.1) is 0 Å². The molecule has 0 radical (unpaired) electrons. The quantitative estimate of drug-likeness (QED) is 0.446. The lowest BCUT2D eigenvalue weighted by Crippen LogP contribution is -2.36. The van der Waals surface area contributed by atoms with Crippen molar-refractivity contribution < 1.29 is 14.6 Å². The highest BCUT2D eigenvalue weighted by atomic mass is 16.5. The van der Waals surface area contributed by atoms with Crippen molar-refractivity contribution in [1.82, 2.24) is 9.88 Å². The molecule has 1 aromatic heterocycles. The molecule has 18 heavy (non-hydrogen) atoms. The molecule has 0 saturated heterocycles. The summed E-state index contributed by atoms with van der Waals surface area (Å²) < 4.78 is 4.93. The first kappa shape index (κ1) is 14.4. The van der Waals surface area contributed by atoms with Gasteiger partial charge in [-0.05, 0) is 6.07 Å². The molecule has 0 atom stereocenters. The van der Waals surface area contributed by atoms with Gasteiger partial charge in [0.2, 0.25) is 0 Å². The largest absolute Gasteiger partial charge is 0.395 e. The first-order chi connectivity index (χ1) is 8.74. The summed E-state index contributed by atoms with van der Waals surface area (Å²) in [6.45, 7) is 0.925. The van der Waals surface area contributed by atoms with Crippen LogP contribution in [0.15, 0.2) is 18.5 Å². The molecule has 1 aromatic rings. The zero-order chi connectivity index (χ0) is 13.4. The zero-order valence-electron chi connectivity index (χ0n) is 10.3. The number of ether oxygens (including phenoxy) is 1. The van der Waals surface area contributed by atoms with Crippen LogP contribution in [0, 0.1) is 0 Å². The lowest BCUT2D eigenvalue weighted by molar-refractivity contribution is 0.0657. The number of methoxy groups -OCH3 is 1. The minimum absolute atomic E-state index is 0.110. The van der Waals surface area contributed by atoms with Crippen molar-refractivity contribution >= 4 is 11.6 Å². The van der Waals surface area contributed by atoms with Crippen LogP contribution in [0.2, 0.25) is 0 Å². The topological polar surface area (TPSA) is 101 Å². The smallest absolute Gasteiger partial charge is 0.257 e. The second-order valence-electron chi connectivity index (χ2n) is 3.57. The third kappa shape index (κ3) is 3.66. The Balaban J connectivity index is 2.86. The van der Waals surface area contributed by atoms with E-state index in [1.54, 1.807) is 13.2 Å². The van der Waals surface area contributed by atoms with Crippen molar-refractivity contribution in [1.29, 1.82) is 0 Å². The third-order valence-corrected chi connectivity index (χ3v) is 2.43. The van der Waals surface area contributed by atoms with Gasteiger partial charge in [-0.3, -0.25) is 15.6 Å². The Labute approximate surface area is 106 Å². The summed E-state index contributed by atoms with van der Waals surface area (Å²) in [6, 6.07) is 1.61. The van der Waals surface area contributed by atoms with Crippen LogP contribution in [0.4, 0.5) is 5.69 Å². The highest BCUT2D eigenvalue weighted by Crippen LogP contribution is 2.14. The number of hydrogen-bond donors (Lipinski definition) is 3. The molecule has 0 spiro atoms. The van der Waals surface area contributed by atoms with E-state index in [0.29, 0.717) is 24.4 Å². The maximum Gasteiger partial charge on any atom is 0.257 e. The van der Waals surface area contributed by atoms with Gasteiger partial charge < -0.3 is 20.2 Å². The van der Waals surface area contributed by atoms with Crippen molar-refractivity contribution in [2.24, 2.45) is 5.84 Å². The van der Waals surface area contributed by atoms with E-state index >= 15 is 0 Å².